The van der Waals surface area contributed by atoms with Gasteiger partial charge in [0.05, 0.1) is 5.54 Å². The molecule has 11 heavy (non-hydrogen) atoms. The molecule has 0 aromatic carbocycles. The number of nitrogens with one attached hydrogen (secondary N) is 1. The van der Waals surface area contributed by atoms with E-state index in [4.69, 9.17) is 5.73 Å². The third-order valence-electron chi connectivity index (χ3n) is 1.30. The summed E-state index contributed by atoms with van der Waals surface area (Å²) in [5.41, 5.74) is 4.73. The molecule has 1 unspecified atom stereocenters. The lowest BCUT2D eigenvalue weighted by Gasteiger charge is -2.19. The Hall–Kier alpha value is -0.830. The van der Waals surface area contributed by atoms with Gasteiger partial charge in [0.15, 0.2) is 0 Å². The standard InChI is InChI=1S/C8H16N2O/c1-5-6(2)10-7(11)8(3,4)9/h5-6H,1,9H2,2-4H3,(H,10,11). The molecule has 0 bridgehead atoms. The van der Waals surface area contributed by atoms with Crippen LogP contribution in [0.2, 0.25) is 0 Å². The Morgan fingerprint density at radius 3 is 2.45 bits per heavy atom. The van der Waals surface area contributed by atoms with E-state index in [0.29, 0.717) is 0 Å². The maximum absolute atomic E-state index is 11.2. The highest BCUT2D eigenvalue weighted by Crippen LogP contribution is 1.96. The van der Waals surface area contributed by atoms with Gasteiger partial charge in [0.25, 0.3) is 0 Å². The molecule has 0 aliphatic heterocycles. The zero-order valence-electron chi connectivity index (χ0n) is 7.35. The fourth-order valence-electron chi connectivity index (χ4n) is 0.452. The van der Waals surface area contributed by atoms with Gasteiger partial charge in [0.1, 0.15) is 0 Å². The average molecular weight is 156 g/mol. The van der Waals surface area contributed by atoms with E-state index < -0.39 is 5.54 Å². The van der Waals surface area contributed by atoms with E-state index in [1.54, 1.807) is 19.9 Å². The molecule has 0 spiro atoms. The minimum atomic E-state index is -0.808. The Bertz CT molecular complexity index is 158. The monoisotopic (exact) mass is 156 g/mol. The summed E-state index contributed by atoms with van der Waals surface area (Å²) in [6.07, 6.45) is 1.66. The molecule has 3 heteroatoms. The van der Waals surface area contributed by atoms with E-state index in [2.05, 4.69) is 11.9 Å². The second kappa shape index (κ2) is 3.53. The lowest BCUT2D eigenvalue weighted by molar-refractivity contribution is -0.125. The highest BCUT2D eigenvalue weighted by molar-refractivity contribution is 5.85. The third kappa shape index (κ3) is 3.78. The Morgan fingerprint density at radius 1 is 1.73 bits per heavy atom. The summed E-state index contributed by atoms with van der Waals surface area (Å²) in [5.74, 6) is -0.162. The molecule has 0 radical (unpaired) electrons. The summed E-state index contributed by atoms with van der Waals surface area (Å²) in [4.78, 5) is 11.2. The Kier molecular flexibility index (Phi) is 3.26. The molecule has 0 aromatic rings. The van der Waals surface area contributed by atoms with Crippen LogP contribution in [0.5, 0.6) is 0 Å². The molecule has 64 valence electrons. The highest BCUT2D eigenvalue weighted by Gasteiger charge is 2.21. The van der Waals surface area contributed by atoms with Crippen LogP contribution in [0.4, 0.5) is 0 Å². The Labute approximate surface area is 67.7 Å². The summed E-state index contributed by atoms with van der Waals surface area (Å²) in [7, 11) is 0. The van der Waals surface area contributed by atoms with Crippen LogP contribution in [0.25, 0.3) is 0 Å². The van der Waals surface area contributed by atoms with Gasteiger partial charge in [-0.2, -0.15) is 0 Å². The third-order valence-corrected chi connectivity index (χ3v) is 1.30. The molecule has 0 rings (SSSR count). The Balaban J connectivity index is 3.98. The lowest BCUT2D eigenvalue weighted by Crippen LogP contribution is -2.51. The van der Waals surface area contributed by atoms with E-state index in [-0.39, 0.29) is 11.9 Å². The summed E-state index contributed by atoms with van der Waals surface area (Å²) < 4.78 is 0. The summed E-state index contributed by atoms with van der Waals surface area (Å²) in [5, 5.41) is 2.69. The van der Waals surface area contributed by atoms with Crippen molar-refractivity contribution >= 4 is 5.91 Å². The van der Waals surface area contributed by atoms with Crippen molar-refractivity contribution < 1.29 is 4.79 Å². The van der Waals surface area contributed by atoms with E-state index in [1.165, 1.54) is 0 Å². The van der Waals surface area contributed by atoms with Crippen LogP contribution in [0.15, 0.2) is 12.7 Å². The lowest BCUT2D eigenvalue weighted by atomic mass is 10.1. The molecule has 0 saturated heterocycles. The first kappa shape index (κ1) is 10.2. The van der Waals surface area contributed by atoms with Gasteiger partial charge in [0, 0.05) is 6.04 Å². The molecule has 0 aliphatic carbocycles. The zero-order valence-corrected chi connectivity index (χ0v) is 7.35. The number of carbonyl (C=O) groups is 1. The molecule has 3 N–H and O–H groups in total. The number of carbonyl (C=O) groups excluding carboxylic acids is 1. The first-order chi connectivity index (χ1) is 4.88. The number of nitrogens with two attached hydrogens (primary N) is 1. The van der Waals surface area contributed by atoms with Crippen molar-refractivity contribution in [3.05, 3.63) is 12.7 Å². The predicted molar refractivity (Wildman–Crippen MR) is 46.1 cm³/mol. The second-order valence-corrected chi connectivity index (χ2v) is 3.22. The van der Waals surface area contributed by atoms with Crippen LogP contribution < -0.4 is 11.1 Å². The number of amides is 1. The van der Waals surface area contributed by atoms with Gasteiger partial charge in [-0.05, 0) is 20.8 Å². The molecular formula is C8H16N2O. The highest BCUT2D eigenvalue weighted by atomic mass is 16.2. The van der Waals surface area contributed by atoms with E-state index >= 15 is 0 Å². The molecule has 0 fully saturated rings. The van der Waals surface area contributed by atoms with Gasteiger partial charge in [-0.15, -0.1) is 6.58 Å². The van der Waals surface area contributed by atoms with Crippen molar-refractivity contribution in [1.29, 1.82) is 0 Å². The number of rotatable bonds is 3. The molecule has 1 amide bonds. The van der Waals surface area contributed by atoms with Crippen LogP contribution in [0.1, 0.15) is 20.8 Å². The first-order valence-corrected chi connectivity index (χ1v) is 3.60. The summed E-state index contributed by atoms with van der Waals surface area (Å²) in [6.45, 7) is 8.71. The van der Waals surface area contributed by atoms with Gasteiger partial charge in [-0.1, -0.05) is 6.08 Å². The maximum Gasteiger partial charge on any atom is 0.239 e. The largest absolute Gasteiger partial charge is 0.349 e. The van der Waals surface area contributed by atoms with Gasteiger partial charge in [-0.3, -0.25) is 4.79 Å². The van der Waals surface area contributed by atoms with Crippen LogP contribution >= 0.6 is 0 Å². The van der Waals surface area contributed by atoms with Crippen molar-refractivity contribution in [2.45, 2.75) is 32.4 Å². The van der Waals surface area contributed by atoms with Crippen molar-refractivity contribution in [2.24, 2.45) is 5.73 Å². The van der Waals surface area contributed by atoms with E-state index in [0.717, 1.165) is 0 Å². The smallest absolute Gasteiger partial charge is 0.239 e. The topological polar surface area (TPSA) is 55.1 Å². The van der Waals surface area contributed by atoms with Crippen LogP contribution in [0.3, 0.4) is 0 Å². The predicted octanol–water partition coefficient (Wildman–Crippen LogP) is 0.414. The first-order valence-electron chi connectivity index (χ1n) is 3.60. The molecule has 0 aliphatic rings. The SMILES string of the molecule is C=CC(C)NC(=O)C(C)(C)N. The minimum absolute atomic E-state index is 0.0228. The van der Waals surface area contributed by atoms with Crippen molar-refractivity contribution in [3.8, 4) is 0 Å². The molecular weight excluding hydrogens is 140 g/mol. The number of hydrogen-bond donors (Lipinski definition) is 2. The average Bonchev–Trinajstić information content (AvgIpc) is 1.85. The van der Waals surface area contributed by atoms with Crippen LogP contribution in [-0.4, -0.2) is 17.5 Å². The van der Waals surface area contributed by atoms with Gasteiger partial charge in [0.2, 0.25) is 5.91 Å². The van der Waals surface area contributed by atoms with Crippen LogP contribution in [0, 0.1) is 0 Å². The maximum atomic E-state index is 11.2. The normalized spacial score (nSPS) is 13.8. The molecule has 0 heterocycles. The Morgan fingerprint density at radius 2 is 2.18 bits per heavy atom. The summed E-state index contributed by atoms with van der Waals surface area (Å²) >= 11 is 0. The summed E-state index contributed by atoms with van der Waals surface area (Å²) in [6, 6.07) is -0.0228. The van der Waals surface area contributed by atoms with Crippen molar-refractivity contribution in [3.63, 3.8) is 0 Å². The van der Waals surface area contributed by atoms with Gasteiger partial charge >= 0.3 is 0 Å². The van der Waals surface area contributed by atoms with E-state index in [1.807, 2.05) is 6.92 Å². The van der Waals surface area contributed by atoms with E-state index in [9.17, 15) is 4.79 Å². The molecule has 3 nitrogen and oxygen atoms in total. The van der Waals surface area contributed by atoms with Crippen molar-refractivity contribution in [2.75, 3.05) is 0 Å². The zero-order chi connectivity index (χ0) is 9.07. The molecule has 1 atom stereocenters. The quantitative estimate of drug-likeness (QED) is 0.582. The fraction of sp³-hybridized carbons (Fsp3) is 0.625. The van der Waals surface area contributed by atoms with Crippen molar-refractivity contribution in [1.82, 2.24) is 5.32 Å². The molecule has 0 saturated carbocycles. The van der Waals surface area contributed by atoms with Gasteiger partial charge < -0.3 is 11.1 Å². The minimum Gasteiger partial charge on any atom is -0.349 e. The van der Waals surface area contributed by atoms with Crippen LogP contribution in [-0.2, 0) is 4.79 Å². The molecule has 0 aromatic heterocycles. The second-order valence-electron chi connectivity index (χ2n) is 3.22. The number of hydrogen-bond acceptors (Lipinski definition) is 2. The fourth-order valence-corrected chi connectivity index (χ4v) is 0.452. The van der Waals surface area contributed by atoms with Gasteiger partial charge in [-0.25, -0.2) is 0 Å².